The number of hydrogen-bond donors (Lipinski definition) is 3. The van der Waals surface area contributed by atoms with Crippen LogP contribution in [0, 0.1) is 0 Å². The molecule has 8 nitrogen and oxygen atoms in total. The van der Waals surface area contributed by atoms with Gasteiger partial charge in [0.05, 0.1) is 16.4 Å². The topological polar surface area (TPSA) is 126 Å². The number of nitrogens with zero attached hydrogens (tertiary/aromatic N) is 4. The van der Waals surface area contributed by atoms with Crippen molar-refractivity contribution in [3.05, 3.63) is 65.2 Å². The summed E-state index contributed by atoms with van der Waals surface area (Å²) < 4.78 is 0. The molecule has 1 aliphatic heterocycles. The second-order valence-electron chi connectivity index (χ2n) is 6.70. The Bertz CT molecular complexity index is 976. The van der Waals surface area contributed by atoms with Crippen molar-refractivity contribution in [1.29, 1.82) is 0 Å². The van der Waals surface area contributed by atoms with Crippen LogP contribution >= 0.6 is 11.6 Å². The number of aliphatic imine (C=N–C) groups is 2. The molecule has 0 atom stereocenters. The first kappa shape index (κ1) is 21.2. The number of rotatable bonds is 4. The Morgan fingerprint density at radius 2 is 1.70 bits per heavy atom. The lowest BCUT2D eigenvalue weighted by Gasteiger charge is -2.36. The van der Waals surface area contributed by atoms with Crippen molar-refractivity contribution >= 4 is 46.9 Å². The average Bonchev–Trinajstić information content (AvgIpc) is 2.72. The summed E-state index contributed by atoms with van der Waals surface area (Å²) in [5.74, 6) is -0.205. The van der Waals surface area contributed by atoms with Gasteiger partial charge in [-0.1, -0.05) is 41.9 Å². The Labute approximate surface area is 180 Å². The number of anilines is 1. The number of benzene rings is 2. The number of guanidine groups is 2. The van der Waals surface area contributed by atoms with Crippen LogP contribution in [0.15, 0.2) is 64.6 Å². The fourth-order valence-electron chi connectivity index (χ4n) is 3.12. The third kappa shape index (κ3) is 5.74. The maximum atomic E-state index is 12.4. The lowest BCUT2D eigenvalue weighted by molar-refractivity contribution is -0.126. The van der Waals surface area contributed by atoms with E-state index < -0.39 is 0 Å². The number of nitrogens with two attached hydrogens (primary N) is 3. The fraction of sp³-hybridized carbons (Fsp3) is 0.190. The molecule has 0 bridgehead atoms. The maximum absolute atomic E-state index is 12.4. The van der Waals surface area contributed by atoms with Gasteiger partial charge in [0.15, 0.2) is 5.96 Å². The molecule has 1 aliphatic rings. The van der Waals surface area contributed by atoms with Crippen molar-refractivity contribution in [3.8, 4) is 0 Å². The van der Waals surface area contributed by atoms with Gasteiger partial charge in [-0.15, -0.1) is 0 Å². The largest absolute Gasteiger partial charge is 0.370 e. The first-order valence-corrected chi connectivity index (χ1v) is 9.80. The van der Waals surface area contributed by atoms with Gasteiger partial charge in [0.25, 0.3) is 0 Å². The molecular weight excluding hydrogens is 402 g/mol. The monoisotopic (exact) mass is 425 g/mol. The maximum Gasteiger partial charge on any atom is 0.246 e. The van der Waals surface area contributed by atoms with Crippen LogP contribution in [0.4, 0.5) is 11.4 Å². The van der Waals surface area contributed by atoms with E-state index in [4.69, 9.17) is 28.8 Å². The molecule has 2 aromatic rings. The van der Waals surface area contributed by atoms with E-state index in [9.17, 15) is 4.79 Å². The summed E-state index contributed by atoms with van der Waals surface area (Å²) in [5, 5.41) is 0.539. The van der Waals surface area contributed by atoms with Gasteiger partial charge in [-0.3, -0.25) is 4.79 Å². The predicted octanol–water partition coefficient (Wildman–Crippen LogP) is 1.92. The van der Waals surface area contributed by atoms with Gasteiger partial charge < -0.3 is 27.0 Å². The minimum atomic E-state index is -0.162. The van der Waals surface area contributed by atoms with Crippen LogP contribution in [0.5, 0.6) is 0 Å². The highest BCUT2D eigenvalue weighted by Crippen LogP contribution is 2.30. The van der Waals surface area contributed by atoms with Gasteiger partial charge in [0.2, 0.25) is 11.9 Å². The zero-order chi connectivity index (χ0) is 21.5. The molecule has 2 aromatic carbocycles. The van der Waals surface area contributed by atoms with E-state index in [0.717, 1.165) is 11.3 Å². The van der Waals surface area contributed by atoms with Gasteiger partial charge in [-0.25, -0.2) is 4.99 Å². The molecule has 1 amide bonds. The van der Waals surface area contributed by atoms with Crippen LogP contribution in [0.3, 0.4) is 0 Å². The molecule has 1 heterocycles. The molecule has 1 saturated heterocycles. The van der Waals surface area contributed by atoms with E-state index in [2.05, 4.69) is 14.9 Å². The van der Waals surface area contributed by atoms with Crippen molar-refractivity contribution < 1.29 is 4.79 Å². The minimum Gasteiger partial charge on any atom is -0.370 e. The van der Waals surface area contributed by atoms with Gasteiger partial charge in [-0.05, 0) is 29.8 Å². The molecule has 0 aromatic heterocycles. The molecular formula is C21H24ClN7O. The first-order valence-electron chi connectivity index (χ1n) is 9.43. The summed E-state index contributed by atoms with van der Waals surface area (Å²) >= 11 is 6.44. The van der Waals surface area contributed by atoms with Crippen molar-refractivity contribution in [1.82, 2.24) is 4.90 Å². The molecule has 156 valence electrons. The molecule has 0 aliphatic carbocycles. The number of piperazine rings is 1. The predicted molar refractivity (Wildman–Crippen MR) is 123 cm³/mol. The van der Waals surface area contributed by atoms with Gasteiger partial charge >= 0.3 is 0 Å². The zero-order valence-electron chi connectivity index (χ0n) is 16.4. The van der Waals surface area contributed by atoms with E-state index in [1.54, 1.807) is 18.2 Å². The van der Waals surface area contributed by atoms with Crippen molar-refractivity contribution in [2.75, 3.05) is 31.1 Å². The molecule has 6 N–H and O–H groups in total. The molecule has 0 radical (unpaired) electrons. The van der Waals surface area contributed by atoms with Crippen molar-refractivity contribution in [3.63, 3.8) is 0 Å². The quantitative estimate of drug-likeness (QED) is 0.392. The van der Waals surface area contributed by atoms with Crippen LogP contribution in [0.1, 0.15) is 5.56 Å². The lowest BCUT2D eigenvalue weighted by Crippen LogP contribution is -2.48. The van der Waals surface area contributed by atoms with Gasteiger partial charge in [-0.2, -0.15) is 4.99 Å². The number of carbonyl (C=O) groups excluding carboxylic acids is 1. The third-order valence-electron chi connectivity index (χ3n) is 4.57. The highest BCUT2D eigenvalue weighted by atomic mass is 35.5. The summed E-state index contributed by atoms with van der Waals surface area (Å²) in [4.78, 5) is 24.2. The molecule has 30 heavy (non-hydrogen) atoms. The summed E-state index contributed by atoms with van der Waals surface area (Å²) in [6, 6.07) is 15.1. The summed E-state index contributed by atoms with van der Waals surface area (Å²) in [7, 11) is 0. The second-order valence-corrected chi connectivity index (χ2v) is 7.11. The van der Waals surface area contributed by atoms with Crippen LogP contribution in [0.2, 0.25) is 5.02 Å². The Morgan fingerprint density at radius 1 is 1.00 bits per heavy atom. The Morgan fingerprint density at radius 3 is 2.33 bits per heavy atom. The number of hydrogen-bond acceptors (Lipinski definition) is 3. The minimum absolute atomic E-state index is 0.00416. The molecule has 0 spiro atoms. The van der Waals surface area contributed by atoms with Crippen LogP contribution in [0.25, 0.3) is 6.08 Å². The molecule has 1 fully saturated rings. The van der Waals surface area contributed by atoms with Crippen LogP contribution in [-0.4, -0.2) is 48.9 Å². The lowest BCUT2D eigenvalue weighted by atomic mass is 10.2. The summed E-state index contributed by atoms with van der Waals surface area (Å²) in [5.41, 5.74) is 18.6. The first-order chi connectivity index (χ1) is 14.4. The van der Waals surface area contributed by atoms with Gasteiger partial charge in [0, 0.05) is 32.3 Å². The van der Waals surface area contributed by atoms with Crippen molar-refractivity contribution in [2.45, 2.75) is 0 Å². The highest BCUT2D eigenvalue weighted by molar-refractivity contribution is 6.33. The van der Waals surface area contributed by atoms with E-state index in [-0.39, 0.29) is 17.8 Å². The smallest absolute Gasteiger partial charge is 0.246 e. The Kier molecular flexibility index (Phi) is 6.92. The third-order valence-corrected chi connectivity index (χ3v) is 4.87. The molecule has 9 heteroatoms. The van der Waals surface area contributed by atoms with E-state index >= 15 is 0 Å². The number of halogens is 1. The summed E-state index contributed by atoms with van der Waals surface area (Å²) in [6.45, 7) is 2.60. The number of amides is 1. The molecule has 0 unspecified atom stereocenters. The average molecular weight is 426 g/mol. The van der Waals surface area contributed by atoms with Crippen LogP contribution < -0.4 is 22.1 Å². The van der Waals surface area contributed by atoms with Gasteiger partial charge in [0.1, 0.15) is 0 Å². The van der Waals surface area contributed by atoms with E-state index in [1.807, 2.05) is 47.4 Å². The second kappa shape index (κ2) is 9.80. The number of carbonyl (C=O) groups is 1. The van der Waals surface area contributed by atoms with Crippen molar-refractivity contribution in [2.24, 2.45) is 27.2 Å². The zero-order valence-corrected chi connectivity index (χ0v) is 17.2. The highest BCUT2D eigenvalue weighted by Gasteiger charge is 2.21. The Hall–Kier alpha value is -3.52. The SMILES string of the molecule is NC(N)=NC(N)=Nc1ccc(N2CCN(C(=O)C=Cc3ccccc3)CC2)c(Cl)c1. The standard InChI is InChI=1S/C21H24ClN7O/c22-17-14-16(26-21(25)27-20(23)24)7-8-18(17)28-10-12-29(13-11-28)19(30)9-6-15-4-2-1-3-5-15/h1-9,14H,10-13H2,(H6,23,24,25,26,27). The molecule has 3 rings (SSSR count). The van der Waals surface area contributed by atoms with Crippen LogP contribution in [-0.2, 0) is 4.79 Å². The van der Waals surface area contributed by atoms with E-state index in [0.29, 0.717) is 36.9 Å². The summed E-state index contributed by atoms with van der Waals surface area (Å²) in [6.07, 6.45) is 3.45. The normalized spacial score (nSPS) is 14.8. The fourth-order valence-corrected chi connectivity index (χ4v) is 3.41. The van der Waals surface area contributed by atoms with E-state index in [1.165, 1.54) is 0 Å². The molecule has 0 saturated carbocycles. The Balaban J connectivity index is 1.60.